The number of likely N-dealkylation sites (tertiary alicyclic amines) is 1. The zero-order valence-corrected chi connectivity index (χ0v) is 11.5. The zero-order chi connectivity index (χ0) is 14.4. The summed E-state index contributed by atoms with van der Waals surface area (Å²) < 4.78 is 0. The van der Waals surface area contributed by atoms with Crippen LogP contribution in [0.3, 0.4) is 0 Å². The van der Waals surface area contributed by atoms with Gasteiger partial charge in [0.1, 0.15) is 0 Å². The Kier molecular flexibility index (Phi) is 4.98. The average Bonchev–Trinajstić information content (AvgIpc) is 2.47. The lowest BCUT2D eigenvalue weighted by molar-refractivity contribution is -0.136. The van der Waals surface area contributed by atoms with Gasteiger partial charge in [-0.25, -0.2) is 4.79 Å². The van der Waals surface area contributed by atoms with E-state index in [0.717, 1.165) is 37.2 Å². The van der Waals surface area contributed by atoms with Gasteiger partial charge in [0.15, 0.2) is 0 Å². The molecule has 0 radical (unpaired) electrons. The molecule has 2 N–H and O–H groups in total. The molecule has 0 bridgehead atoms. The molecule has 5 heteroatoms. The second-order valence-electron chi connectivity index (χ2n) is 5.07. The summed E-state index contributed by atoms with van der Waals surface area (Å²) in [6.07, 6.45) is 3.97. The third-order valence-corrected chi connectivity index (χ3v) is 3.48. The van der Waals surface area contributed by atoms with E-state index in [9.17, 15) is 9.59 Å². The number of carbonyl (C=O) groups excluding carboxylic acids is 1. The van der Waals surface area contributed by atoms with Crippen LogP contribution in [0.5, 0.6) is 0 Å². The van der Waals surface area contributed by atoms with Gasteiger partial charge < -0.3 is 15.3 Å². The van der Waals surface area contributed by atoms with E-state index < -0.39 is 5.97 Å². The number of carbonyl (C=O) groups is 2. The van der Waals surface area contributed by atoms with Crippen molar-refractivity contribution in [3.05, 3.63) is 29.8 Å². The summed E-state index contributed by atoms with van der Waals surface area (Å²) in [7, 11) is 0. The SMILES string of the molecule is O=C(O)CCc1ccc(NC(=O)N2CCCCC2)cc1. The van der Waals surface area contributed by atoms with Crippen molar-refractivity contribution < 1.29 is 14.7 Å². The van der Waals surface area contributed by atoms with Gasteiger partial charge in [0.2, 0.25) is 0 Å². The highest BCUT2D eigenvalue weighted by Crippen LogP contribution is 2.14. The Bertz CT molecular complexity index is 465. The van der Waals surface area contributed by atoms with Crippen molar-refractivity contribution in [2.45, 2.75) is 32.1 Å². The number of nitrogens with one attached hydrogen (secondary N) is 1. The molecule has 1 aromatic rings. The lowest BCUT2D eigenvalue weighted by atomic mass is 10.1. The number of piperidine rings is 1. The van der Waals surface area contributed by atoms with E-state index >= 15 is 0 Å². The van der Waals surface area contributed by atoms with Crippen molar-refractivity contribution in [3.63, 3.8) is 0 Å². The van der Waals surface area contributed by atoms with Gasteiger partial charge in [-0.3, -0.25) is 4.79 Å². The Morgan fingerprint density at radius 3 is 2.35 bits per heavy atom. The maximum atomic E-state index is 12.0. The molecule has 0 spiro atoms. The molecule has 0 aliphatic carbocycles. The quantitative estimate of drug-likeness (QED) is 0.888. The Labute approximate surface area is 118 Å². The molecular weight excluding hydrogens is 256 g/mol. The summed E-state index contributed by atoms with van der Waals surface area (Å²) in [5.74, 6) is -0.799. The molecule has 1 heterocycles. The van der Waals surface area contributed by atoms with Crippen molar-refractivity contribution >= 4 is 17.7 Å². The fraction of sp³-hybridized carbons (Fsp3) is 0.467. The van der Waals surface area contributed by atoms with E-state index in [1.807, 2.05) is 29.2 Å². The van der Waals surface area contributed by atoms with E-state index in [1.54, 1.807) is 0 Å². The third kappa shape index (κ3) is 4.26. The summed E-state index contributed by atoms with van der Waals surface area (Å²) in [5, 5.41) is 11.5. The largest absolute Gasteiger partial charge is 0.481 e. The first-order chi connectivity index (χ1) is 9.65. The summed E-state index contributed by atoms with van der Waals surface area (Å²) in [6.45, 7) is 1.64. The van der Waals surface area contributed by atoms with E-state index in [2.05, 4.69) is 5.32 Å². The molecule has 1 saturated heterocycles. The number of hydrogen-bond acceptors (Lipinski definition) is 2. The number of benzene rings is 1. The van der Waals surface area contributed by atoms with Gasteiger partial charge >= 0.3 is 12.0 Å². The maximum Gasteiger partial charge on any atom is 0.321 e. The molecule has 5 nitrogen and oxygen atoms in total. The van der Waals surface area contributed by atoms with Crippen LogP contribution in [0.1, 0.15) is 31.2 Å². The molecule has 1 aliphatic heterocycles. The van der Waals surface area contributed by atoms with Crippen molar-refractivity contribution in [3.8, 4) is 0 Å². The average molecular weight is 276 g/mol. The Hall–Kier alpha value is -2.04. The number of rotatable bonds is 4. The van der Waals surface area contributed by atoms with Crippen LogP contribution in [-0.4, -0.2) is 35.1 Å². The topological polar surface area (TPSA) is 69.6 Å². The smallest absolute Gasteiger partial charge is 0.321 e. The van der Waals surface area contributed by atoms with E-state index in [1.165, 1.54) is 6.42 Å². The van der Waals surface area contributed by atoms with Crippen molar-refractivity contribution in [2.75, 3.05) is 18.4 Å². The summed E-state index contributed by atoms with van der Waals surface area (Å²) in [6, 6.07) is 7.30. The molecule has 1 aromatic carbocycles. The highest BCUT2D eigenvalue weighted by Gasteiger charge is 2.16. The van der Waals surface area contributed by atoms with E-state index in [-0.39, 0.29) is 12.5 Å². The minimum absolute atomic E-state index is 0.0528. The number of carboxylic acids is 1. The van der Waals surface area contributed by atoms with Crippen LogP contribution < -0.4 is 5.32 Å². The van der Waals surface area contributed by atoms with Crippen LogP contribution >= 0.6 is 0 Å². The first kappa shape index (κ1) is 14.4. The van der Waals surface area contributed by atoms with Gasteiger partial charge in [-0.2, -0.15) is 0 Å². The highest BCUT2D eigenvalue weighted by molar-refractivity contribution is 5.89. The Morgan fingerprint density at radius 1 is 1.10 bits per heavy atom. The molecule has 1 fully saturated rings. The fourth-order valence-corrected chi connectivity index (χ4v) is 2.31. The van der Waals surface area contributed by atoms with Crippen molar-refractivity contribution in [1.82, 2.24) is 4.90 Å². The number of hydrogen-bond donors (Lipinski definition) is 2. The lowest BCUT2D eigenvalue weighted by Crippen LogP contribution is -2.38. The number of urea groups is 1. The van der Waals surface area contributed by atoms with Crippen molar-refractivity contribution in [2.24, 2.45) is 0 Å². The molecule has 2 amide bonds. The second-order valence-corrected chi connectivity index (χ2v) is 5.07. The molecule has 0 saturated carbocycles. The molecule has 0 unspecified atom stereocenters. The molecule has 1 aliphatic rings. The van der Waals surface area contributed by atoms with Gasteiger partial charge in [-0.15, -0.1) is 0 Å². The van der Waals surface area contributed by atoms with Gasteiger partial charge in [-0.1, -0.05) is 12.1 Å². The van der Waals surface area contributed by atoms with Gasteiger partial charge in [-0.05, 0) is 43.4 Å². The van der Waals surface area contributed by atoms with Crippen LogP contribution in [0.25, 0.3) is 0 Å². The lowest BCUT2D eigenvalue weighted by Gasteiger charge is -2.26. The predicted octanol–water partition coefficient (Wildman–Crippen LogP) is 2.72. The fourth-order valence-electron chi connectivity index (χ4n) is 2.31. The summed E-state index contributed by atoms with van der Waals surface area (Å²) >= 11 is 0. The molecule has 2 rings (SSSR count). The molecule has 20 heavy (non-hydrogen) atoms. The van der Waals surface area contributed by atoms with Crippen LogP contribution in [0.15, 0.2) is 24.3 Å². The first-order valence-corrected chi connectivity index (χ1v) is 7.02. The highest BCUT2D eigenvalue weighted by atomic mass is 16.4. The second kappa shape index (κ2) is 6.93. The number of carboxylic acid groups (broad SMARTS) is 1. The van der Waals surface area contributed by atoms with Crippen molar-refractivity contribution in [1.29, 1.82) is 0 Å². The zero-order valence-electron chi connectivity index (χ0n) is 11.5. The minimum atomic E-state index is -0.799. The molecule has 0 atom stereocenters. The number of amides is 2. The first-order valence-electron chi connectivity index (χ1n) is 7.02. The Morgan fingerprint density at radius 2 is 1.75 bits per heavy atom. The third-order valence-electron chi connectivity index (χ3n) is 3.48. The standard InChI is InChI=1S/C15H20N2O3/c18-14(19)9-6-12-4-7-13(8-5-12)16-15(20)17-10-2-1-3-11-17/h4-5,7-8H,1-3,6,9-11H2,(H,16,20)(H,18,19). The van der Waals surface area contributed by atoms with Crippen LogP contribution in [0.2, 0.25) is 0 Å². The molecule has 0 aromatic heterocycles. The van der Waals surface area contributed by atoms with Crippen LogP contribution in [-0.2, 0) is 11.2 Å². The van der Waals surface area contributed by atoms with Gasteiger partial charge in [0, 0.05) is 25.2 Å². The number of aliphatic carboxylic acids is 1. The molecular formula is C15H20N2O3. The van der Waals surface area contributed by atoms with Crippen LogP contribution in [0.4, 0.5) is 10.5 Å². The minimum Gasteiger partial charge on any atom is -0.481 e. The number of nitrogens with zero attached hydrogens (tertiary/aromatic N) is 1. The summed E-state index contributed by atoms with van der Waals surface area (Å²) in [5.41, 5.74) is 1.71. The van der Waals surface area contributed by atoms with Gasteiger partial charge in [0.05, 0.1) is 0 Å². The maximum absolute atomic E-state index is 12.0. The predicted molar refractivity (Wildman–Crippen MR) is 76.8 cm³/mol. The number of anilines is 1. The van der Waals surface area contributed by atoms with E-state index in [4.69, 9.17) is 5.11 Å². The number of aryl methyl sites for hydroxylation is 1. The monoisotopic (exact) mass is 276 g/mol. The van der Waals surface area contributed by atoms with Gasteiger partial charge in [0.25, 0.3) is 0 Å². The normalized spacial score (nSPS) is 14.9. The van der Waals surface area contributed by atoms with E-state index in [0.29, 0.717) is 6.42 Å². The molecule has 108 valence electrons. The summed E-state index contributed by atoms with van der Waals surface area (Å²) in [4.78, 5) is 24.3. The van der Waals surface area contributed by atoms with Crippen LogP contribution in [0, 0.1) is 0 Å². The Balaban J connectivity index is 1.86.